The van der Waals surface area contributed by atoms with Gasteiger partial charge in [-0.3, -0.25) is 4.79 Å². The maximum Gasteiger partial charge on any atom is 0.347 e. The highest BCUT2D eigenvalue weighted by Crippen LogP contribution is 2.42. The number of aryl methyl sites for hydroxylation is 1. The highest BCUT2D eigenvalue weighted by molar-refractivity contribution is 5.75. The molecule has 198 valence electrons. The number of rotatable bonds is 12. The van der Waals surface area contributed by atoms with Gasteiger partial charge in [0, 0.05) is 0 Å². The Kier molecular flexibility index (Phi) is 10.1. The van der Waals surface area contributed by atoms with E-state index in [9.17, 15) is 19.8 Å². The second-order valence-corrected chi connectivity index (χ2v) is 10.2. The number of aliphatic hydroxyl groups is 2. The van der Waals surface area contributed by atoms with Crippen LogP contribution in [0.5, 0.6) is 5.75 Å². The molecule has 1 aromatic carbocycles. The Balaban J connectivity index is 1.67. The molecule has 0 aliphatic heterocycles. The molecule has 7 nitrogen and oxygen atoms in total. The first-order valence-corrected chi connectivity index (χ1v) is 13.1. The molecule has 0 heterocycles. The van der Waals surface area contributed by atoms with Gasteiger partial charge in [0.15, 0.2) is 6.10 Å². The van der Waals surface area contributed by atoms with Crippen LogP contribution in [0.4, 0.5) is 0 Å². The van der Waals surface area contributed by atoms with Crippen molar-refractivity contribution < 1.29 is 34.4 Å². The van der Waals surface area contributed by atoms with Gasteiger partial charge >= 0.3 is 11.9 Å². The fourth-order valence-corrected chi connectivity index (χ4v) is 5.25. The largest absolute Gasteiger partial charge is 0.481 e. The van der Waals surface area contributed by atoms with Crippen LogP contribution in [-0.2, 0) is 14.3 Å². The SMILES string of the molecule is CCC(Oc1ccc(C)cc1)C(=O)OC1CCCC2=C1C(CCC(O)CC(O)CC(=O)O)C(C)C=C2. The summed E-state index contributed by atoms with van der Waals surface area (Å²) in [5, 5.41) is 29.1. The summed E-state index contributed by atoms with van der Waals surface area (Å²) < 4.78 is 12.0. The molecule has 6 unspecified atom stereocenters. The lowest BCUT2D eigenvalue weighted by Gasteiger charge is -2.38. The maximum absolute atomic E-state index is 13.1. The summed E-state index contributed by atoms with van der Waals surface area (Å²) >= 11 is 0. The number of carboxylic acids is 1. The van der Waals surface area contributed by atoms with Crippen LogP contribution in [0.15, 0.2) is 47.6 Å². The number of carbonyl (C=O) groups excluding carboxylic acids is 1. The van der Waals surface area contributed by atoms with Crippen molar-refractivity contribution in [2.45, 2.75) is 96.6 Å². The first-order chi connectivity index (χ1) is 17.2. The number of ether oxygens (including phenoxy) is 2. The molecule has 3 N–H and O–H groups in total. The Labute approximate surface area is 213 Å². The van der Waals surface area contributed by atoms with Gasteiger partial charge in [-0.1, -0.05) is 43.7 Å². The van der Waals surface area contributed by atoms with Crippen LogP contribution in [0, 0.1) is 18.8 Å². The van der Waals surface area contributed by atoms with Crippen LogP contribution in [0.2, 0.25) is 0 Å². The quantitative estimate of drug-likeness (QED) is 0.356. The molecule has 0 amide bonds. The highest BCUT2D eigenvalue weighted by Gasteiger charge is 2.36. The smallest absolute Gasteiger partial charge is 0.347 e. The van der Waals surface area contributed by atoms with Crippen molar-refractivity contribution in [3.63, 3.8) is 0 Å². The summed E-state index contributed by atoms with van der Waals surface area (Å²) in [5.74, 6) is -0.495. The summed E-state index contributed by atoms with van der Waals surface area (Å²) in [6.07, 6.45) is 5.30. The minimum absolute atomic E-state index is 0.0299. The topological polar surface area (TPSA) is 113 Å². The number of hydrogen-bond donors (Lipinski definition) is 3. The lowest BCUT2D eigenvalue weighted by Crippen LogP contribution is -2.37. The molecule has 0 radical (unpaired) electrons. The second-order valence-electron chi connectivity index (χ2n) is 10.2. The Morgan fingerprint density at radius 1 is 1.14 bits per heavy atom. The summed E-state index contributed by atoms with van der Waals surface area (Å²) in [6.45, 7) is 6.02. The molecule has 0 bridgehead atoms. The Morgan fingerprint density at radius 2 is 1.86 bits per heavy atom. The van der Waals surface area contributed by atoms with Crippen molar-refractivity contribution in [1.29, 1.82) is 0 Å². The molecule has 2 aliphatic rings. The average molecular weight is 501 g/mol. The molecule has 0 saturated carbocycles. The minimum Gasteiger partial charge on any atom is -0.481 e. The molecule has 3 rings (SSSR count). The number of carboxylic acid groups (broad SMARTS) is 1. The van der Waals surface area contributed by atoms with Gasteiger partial charge in [-0.2, -0.15) is 0 Å². The van der Waals surface area contributed by atoms with E-state index < -0.39 is 24.3 Å². The van der Waals surface area contributed by atoms with Crippen molar-refractivity contribution in [2.75, 3.05) is 0 Å². The third-order valence-corrected chi connectivity index (χ3v) is 7.22. The molecule has 0 saturated heterocycles. The van der Waals surface area contributed by atoms with E-state index in [4.69, 9.17) is 14.6 Å². The molecule has 36 heavy (non-hydrogen) atoms. The predicted molar refractivity (Wildman–Crippen MR) is 137 cm³/mol. The summed E-state index contributed by atoms with van der Waals surface area (Å²) in [6, 6.07) is 7.60. The van der Waals surface area contributed by atoms with Crippen LogP contribution in [-0.4, -0.2) is 51.7 Å². The standard InChI is InChI=1S/C29H40O7/c1-4-25(35-23-13-8-18(2)9-14-23)29(34)36-26-7-5-6-20-11-10-19(3)24(28(20)26)15-12-21(30)16-22(31)17-27(32)33/h8-11,13-14,19,21-22,24-26,30-31H,4-7,12,15-17H2,1-3H3,(H,32,33). The van der Waals surface area contributed by atoms with Gasteiger partial charge in [0.25, 0.3) is 0 Å². The third-order valence-electron chi connectivity index (χ3n) is 7.22. The Hall–Kier alpha value is -2.64. The predicted octanol–water partition coefficient (Wildman–Crippen LogP) is 4.73. The summed E-state index contributed by atoms with van der Waals surface area (Å²) in [4.78, 5) is 23.9. The average Bonchev–Trinajstić information content (AvgIpc) is 2.82. The molecule has 2 aliphatic carbocycles. The van der Waals surface area contributed by atoms with E-state index >= 15 is 0 Å². The van der Waals surface area contributed by atoms with Gasteiger partial charge in [0.05, 0.1) is 18.6 Å². The molecule has 7 heteroatoms. The third kappa shape index (κ3) is 7.68. The van der Waals surface area contributed by atoms with Gasteiger partial charge < -0.3 is 24.8 Å². The van der Waals surface area contributed by atoms with Crippen molar-refractivity contribution in [3.05, 3.63) is 53.1 Å². The molecule has 1 aromatic rings. The van der Waals surface area contributed by atoms with Crippen LogP contribution in [0.1, 0.15) is 70.8 Å². The molecule has 0 fully saturated rings. The number of esters is 1. The van der Waals surface area contributed by atoms with E-state index in [2.05, 4.69) is 19.1 Å². The van der Waals surface area contributed by atoms with Gasteiger partial charge in [0.1, 0.15) is 11.9 Å². The lowest BCUT2D eigenvalue weighted by atomic mass is 9.71. The fraction of sp³-hybridized carbons (Fsp3) is 0.586. The Morgan fingerprint density at radius 3 is 2.53 bits per heavy atom. The minimum atomic E-state index is -1.08. The van der Waals surface area contributed by atoms with E-state index in [0.29, 0.717) is 25.0 Å². The van der Waals surface area contributed by atoms with E-state index in [1.165, 1.54) is 5.57 Å². The van der Waals surface area contributed by atoms with Crippen molar-refractivity contribution in [1.82, 2.24) is 0 Å². The highest BCUT2D eigenvalue weighted by atomic mass is 16.6. The number of benzene rings is 1. The van der Waals surface area contributed by atoms with Crippen molar-refractivity contribution >= 4 is 11.9 Å². The van der Waals surface area contributed by atoms with Gasteiger partial charge in [0.2, 0.25) is 0 Å². The second kappa shape index (κ2) is 13.1. The normalized spacial score (nSPS) is 24.0. The molecule has 0 spiro atoms. The zero-order valence-corrected chi connectivity index (χ0v) is 21.6. The number of aliphatic hydroxyl groups excluding tert-OH is 2. The molecule has 0 aromatic heterocycles. The lowest BCUT2D eigenvalue weighted by molar-refractivity contribution is -0.157. The zero-order valence-electron chi connectivity index (χ0n) is 21.6. The first kappa shape index (κ1) is 27.9. The fourth-order valence-electron chi connectivity index (χ4n) is 5.25. The number of carbonyl (C=O) groups is 2. The van der Waals surface area contributed by atoms with Crippen LogP contribution in [0.3, 0.4) is 0 Å². The van der Waals surface area contributed by atoms with Crippen LogP contribution < -0.4 is 4.74 Å². The number of aliphatic carboxylic acids is 1. The monoisotopic (exact) mass is 500 g/mol. The molecular formula is C29H40O7. The van der Waals surface area contributed by atoms with Crippen LogP contribution in [0.25, 0.3) is 0 Å². The summed E-state index contributed by atoms with van der Waals surface area (Å²) in [5.41, 5.74) is 3.45. The Bertz CT molecular complexity index is 949. The molecular weight excluding hydrogens is 460 g/mol. The zero-order chi connectivity index (χ0) is 26.2. The number of allylic oxidation sites excluding steroid dienone is 3. The van der Waals surface area contributed by atoms with Crippen LogP contribution >= 0.6 is 0 Å². The van der Waals surface area contributed by atoms with Crippen molar-refractivity contribution in [3.8, 4) is 5.75 Å². The van der Waals surface area contributed by atoms with Crippen molar-refractivity contribution in [2.24, 2.45) is 11.8 Å². The van der Waals surface area contributed by atoms with E-state index in [-0.39, 0.29) is 36.8 Å². The van der Waals surface area contributed by atoms with Gasteiger partial charge in [-0.15, -0.1) is 0 Å². The number of hydrogen-bond acceptors (Lipinski definition) is 6. The van der Waals surface area contributed by atoms with E-state index in [1.54, 1.807) is 0 Å². The summed E-state index contributed by atoms with van der Waals surface area (Å²) in [7, 11) is 0. The maximum atomic E-state index is 13.1. The van der Waals surface area contributed by atoms with E-state index in [0.717, 1.165) is 30.4 Å². The van der Waals surface area contributed by atoms with Gasteiger partial charge in [-0.05, 0) is 87.0 Å². The molecule has 6 atom stereocenters. The van der Waals surface area contributed by atoms with Gasteiger partial charge in [-0.25, -0.2) is 4.79 Å². The van der Waals surface area contributed by atoms with E-state index in [1.807, 2.05) is 38.1 Å². The first-order valence-electron chi connectivity index (χ1n) is 13.1.